The molecular formula is C12H13N3O4. The van der Waals surface area contributed by atoms with E-state index in [0.717, 1.165) is 0 Å². The van der Waals surface area contributed by atoms with Gasteiger partial charge in [0.1, 0.15) is 11.7 Å². The summed E-state index contributed by atoms with van der Waals surface area (Å²) in [5.41, 5.74) is 0.654. The molecule has 3 N–H and O–H groups in total. The average Bonchev–Trinajstić information content (AvgIpc) is 2.83. The third kappa shape index (κ3) is 3.27. The summed E-state index contributed by atoms with van der Waals surface area (Å²) in [5, 5.41) is 13.9. The third-order valence-electron chi connectivity index (χ3n) is 2.82. The van der Waals surface area contributed by atoms with Crippen molar-refractivity contribution in [3.63, 3.8) is 0 Å². The maximum absolute atomic E-state index is 11.7. The van der Waals surface area contributed by atoms with Crippen LogP contribution in [0.4, 0.5) is 0 Å². The standard InChI is InChI=1S/C12H13N3O4/c16-10-4-3-8(15-10)11(17)14-6-7-1-2-9(12(18)19)13-5-7/h1-2,5,8H,3-4,6H2,(H,14,17)(H,15,16)(H,18,19)/t8-/m0/s1. The number of carboxylic acids is 1. The number of carboxylic acid groups (broad SMARTS) is 1. The van der Waals surface area contributed by atoms with E-state index in [9.17, 15) is 14.4 Å². The summed E-state index contributed by atoms with van der Waals surface area (Å²) in [7, 11) is 0. The van der Waals surface area contributed by atoms with Crippen molar-refractivity contribution >= 4 is 17.8 Å². The number of amides is 2. The molecule has 0 aliphatic carbocycles. The van der Waals surface area contributed by atoms with Gasteiger partial charge in [-0.2, -0.15) is 0 Å². The number of aromatic nitrogens is 1. The van der Waals surface area contributed by atoms with Crippen molar-refractivity contribution in [3.8, 4) is 0 Å². The fourth-order valence-corrected chi connectivity index (χ4v) is 1.78. The molecule has 1 fully saturated rings. The molecule has 1 aromatic rings. The van der Waals surface area contributed by atoms with Crippen molar-refractivity contribution < 1.29 is 19.5 Å². The Morgan fingerprint density at radius 1 is 1.47 bits per heavy atom. The minimum atomic E-state index is -1.09. The zero-order valence-electron chi connectivity index (χ0n) is 10.0. The van der Waals surface area contributed by atoms with E-state index in [-0.39, 0.29) is 24.1 Å². The Bertz CT molecular complexity index is 512. The number of hydrogen-bond acceptors (Lipinski definition) is 4. The van der Waals surface area contributed by atoms with E-state index in [1.807, 2.05) is 0 Å². The van der Waals surface area contributed by atoms with Gasteiger partial charge in [0.25, 0.3) is 0 Å². The van der Waals surface area contributed by atoms with Crippen molar-refractivity contribution in [2.75, 3.05) is 0 Å². The summed E-state index contributed by atoms with van der Waals surface area (Å²) in [4.78, 5) is 37.0. The summed E-state index contributed by atoms with van der Waals surface area (Å²) in [5.74, 6) is -1.45. The van der Waals surface area contributed by atoms with Crippen LogP contribution < -0.4 is 10.6 Å². The van der Waals surface area contributed by atoms with Crippen LogP contribution in [-0.4, -0.2) is 33.9 Å². The van der Waals surface area contributed by atoms with Crippen LogP contribution in [0.25, 0.3) is 0 Å². The summed E-state index contributed by atoms with van der Waals surface area (Å²) in [6, 6.07) is 2.49. The molecule has 0 saturated carbocycles. The van der Waals surface area contributed by atoms with E-state index < -0.39 is 12.0 Å². The van der Waals surface area contributed by atoms with Gasteiger partial charge in [-0.1, -0.05) is 6.07 Å². The quantitative estimate of drug-likeness (QED) is 0.689. The molecule has 0 spiro atoms. The van der Waals surface area contributed by atoms with Gasteiger partial charge in [0, 0.05) is 19.2 Å². The lowest BCUT2D eigenvalue weighted by Gasteiger charge is -2.10. The van der Waals surface area contributed by atoms with E-state index >= 15 is 0 Å². The molecule has 2 amide bonds. The molecule has 1 aliphatic rings. The number of hydrogen-bond donors (Lipinski definition) is 3. The minimum absolute atomic E-state index is 0.0434. The number of rotatable bonds is 4. The fraction of sp³-hybridized carbons (Fsp3) is 0.333. The molecule has 2 heterocycles. The van der Waals surface area contributed by atoms with Crippen molar-refractivity contribution in [1.29, 1.82) is 0 Å². The number of nitrogens with one attached hydrogen (secondary N) is 2. The first-order chi connectivity index (χ1) is 9.06. The van der Waals surface area contributed by atoms with Gasteiger partial charge in [0.15, 0.2) is 0 Å². The van der Waals surface area contributed by atoms with Crippen LogP contribution in [0.3, 0.4) is 0 Å². The van der Waals surface area contributed by atoms with E-state index in [4.69, 9.17) is 5.11 Å². The molecule has 1 saturated heterocycles. The second kappa shape index (κ2) is 5.47. The van der Waals surface area contributed by atoms with Gasteiger partial charge in [-0.3, -0.25) is 9.59 Å². The van der Waals surface area contributed by atoms with Gasteiger partial charge in [0.05, 0.1) is 0 Å². The van der Waals surface area contributed by atoms with Gasteiger partial charge in [-0.05, 0) is 18.1 Å². The SMILES string of the molecule is O=C1CC[C@@H](C(=O)NCc2ccc(C(=O)O)nc2)N1. The molecular weight excluding hydrogens is 250 g/mol. The highest BCUT2D eigenvalue weighted by Crippen LogP contribution is 2.07. The Balaban J connectivity index is 1.86. The molecule has 0 bridgehead atoms. The van der Waals surface area contributed by atoms with Gasteiger partial charge < -0.3 is 15.7 Å². The molecule has 2 rings (SSSR count). The molecule has 7 nitrogen and oxygen atoms in total. The van der Waals surface area contributed by atoms with Crippen molar-refractivity contribution in [1.82, 2.24) is 15.6 Å². The molecule has 0 radical (unpaired) electrons. The van der Waals surface area contributed by atoms with E-state index in [2.05, 4.69) is 15.6 Å². The molecule has 100 valence electrons. The van der Waals surface area contributed by atoms with Gasteiger partial charge >= 0.3 is 5.97 Å². The van der Waals surface area contributed by atoms with Gasteiger partial charge in [-0.15, -0.1) is 0 Å². The zero-order valence-corrected chi connectivity index (χ0v) is 10.0. The second-order valence-corrected chi connectivity index (χ2v) is 4.23. The number of aromatic carboxylic acids is 1. The molecule has 7 heteroatoms. The fourth-order valence-electron chi connectivity index (χ4n) is 1.78. The third-order valence-corrected chi connectivity index (χ3v) is 2.82. The van der Waals surface area contributed by atoms with Crippen LogP contribution in [0.2, 0.25) is 0 Å². The number of carbonyl (C=O) groups is 3. The Hall–Kier alpha value is -2.44. The first-order valence-electron chi connectivity index (χ1n) is 5.81. The lowest BCUT2D eigenvalue weighted by molar-refractivity contribution is -0.125. The second-order valence-electron chi connectivity index (χ2n) is 4.23. The lowest BCUT2D eigenvalue weighted by Crippen LogP contribution is -2.41. The Labute approximate surface area is 109 Å². The van der Waals surface area contributed by atoms with Crippen molar-refractivity contribution in [3.05, 3.63) is 29.6 Å². The monoisotopic (exact) mass is 263 g/mol. The minimum Gasteiger partial charge on any atom is -0.477 e. The predicted octanol–water partition coefficient (Wildman–Crippen LogP) is -0.325. The number of pyridine rings is 1. The lowest BCUT2D eigenvalue weighted by atomic mass is 10.2. The molecule has 1 aliphatic heterocycles. The number of nitrogens with zero attached hydrogens (tertiary/aromatic N) is 1. The van der Waals surface area contributed by atoms with Crippen LogP contribution in [0.15, 0.2) is 18.3 Å². The Morgan fingerprint density at radius 2 is 2.26 bits per heavy atom. The molecule has 0 unspecified atom stereocenters. The van der Waals surface area contributed by atoms with Gasteiger partial charge in [-0.25, -0.2) is 9.78 Å². The highest BCUT2D eigenvalue weighted by molar-refractivity contribution is 5.90. The van der Waals surface area contributed by atoms with E-state index in [1.165, 1.54) is 12.3 Å². The van der Waals surface area contributed by atoms with E-state index in [1.54, 1.807) is 6.07 Å². The van der Waals surface area contributed by atoms with Crippen LogP contribution in [-0.2, 0) is 16.1 Å². The topological polar surface area (TPSA) is 108 Å². The summed E-state index contributed by atoms with van der Waals surface area (Å²) >= 11 is 0. The smallest absolute Gasteiger partial charge is 0.354 e. The molecule has 0 aromatic carbocycles. The zero-order chi connectivity index (χ0) is 13.8. The summed E-state index contributed by atoms with van der Waals surface area (Å²) in [6.07, 6.45) is 2.27. The Kier molecular flexibility index (Phi) is 3.74. The predicted molar refractivity (Wildman–Crippen MR) is 64.2 cm³/mol. The summed E-state index contributed by atoms with van der Waals surface area (Å²) < 4.78 is 0. The summed E-state index contributed by atoms with van der Waals surface area (Å²) in [6.45, 7) is 0.248. The normalized spacial score (nSPS) is 17.9. The van der Waals surface area contributed by atoms with E-state index in [0.29, 0.717) is 18.4 Å². The Morgan fingerprint density at radius 3 is 2.79 bits per heavy atom. The maximum atomic E-state index is 11.7. The maximum Gasteiger partial charge on any atom is 0.354 e. The first-order valence-corrected chi connectivity index (χ1v) is 5.81. The van der Waals surface area contributed by atoms with Crippen molar-refractivity contribution in [2.45, 2.75) is 25.4 Å². The number of carbonyl (C=O) groups excluding carboxylic acids is 2. The first kappa shape index (κ1) is 13.0. The molecule has 1 atom stereocenters. The highest BCUT2D eigenvalue weighted by atomic mass is 16.4. The molecule has 1 aromatic heterocycles. The van der Waals surface area contributed by atoms with Crippen LogP contribution in [0, 0.1) is 0 Å². The van der Waals surface area contributed by atoms with Crippen LogP contribution >= 0.6 is 0 Å². The average molecular weight is 263 g/mol. The largest absolute Gasteiger partial charge is 0.477 e. The van der Waals surface area contributed by atoms with Crippen molar-refractivity contribution in [2.24, 2.45) is 0 Å². The molecule has 19 heavy (non-hydrogen) atoms. The highest BCUT2D eigenvalue weighted by Gasteiger charge is 2.26. The van der Waals surface area contributed by atoms with Crippen LogP contribution in [0.5, 0.6) is 0 Å². The van der Waals surface area contributed by atoms with Crippen LogP contribution in [0.1, 0.15) is 28.9 Å². The van der Waals surface area contributed by atoms with Gasteiger partial charge in [0.2, 0.25) is 11.8 Å².